The third-order valence-electron chi connectivity index (χ3n) is 6.58. The number of hydrogen-bond donors (Lipinski definition) is 1. The Kier molecular flexibility index (Phi) is 8.67. The fraction of sp³-hybridized carbons (Fsp3) is 0.448. The number of rotatable bonds is 7. The predicted octanol–water partition coefficient (Wildman–Crippen LogP) is 4.65. The summed E-state index contributed by atoms with van der Waals surface area (Å²) < 4.78 is 13.6. The van der Waals surface area contributed by atoms with Crippen molar-refractivity contribution in [2.24, 2.45) is 15.9 Å². The van der Waals surface area contributed by atoms with Gasteiger partial charge >= 0.3 is 6.09 Å². The van der Waals surface area contributed by atoms with E-state index < -0.39 is 5.60 Å². The molecule has 40 heavy (non-hydrogen) atoms. The van der Waals surface area contributed by atoms with Crippen molar-refractivity contribution in [1.29, 1.82) is 5.26 Å². The molecular formula is C29H36N8O3. The number of imidazole rings is 1. The van der Waals surface area contributed by atoms with Crippen molar-refractivity contribution in [3.8, 4) is 11.9 Å². The zero-order valence-electron chi connectivity index (χ0n) is 23.7. The molecule has 0 radical (unpaired) electrons. The van der Waals surface area contributed by atoms with Gasteiger partial charge in [0.1, 0.15) is 34.8 Å². The Morgan fingerprint density at radius 3 is 2.60 bits per heavy atom. The van der Waals surface area contributed by atoms with Crippen LogP contribution in [0.5, 0.6) is 5.88 Å². The SMILES string of the molecule is CCC(Oc1cc(/C(=N/N)C(C)=NC2CCN(C(=O)OC(C)(C)C)CC2)cc2ncc(C#N)n12)c1ccccn1. The van der Waals surface area contributed by atoms with Gasteiger partial charge in [-0.3, -0.25) is 14.4 Å². The first kappa shape index (κ1) is 28.5. The van der Waals surface area contributed by atoms with E-state index in [9.17, 15) is 10.1 Å². The Morgan fingerprint density at radius 2 is 2.00 bits per heavy atom. The second-order valence-electron chi connectivity index (χ2n) is 10.7. The number of amides is 1. The van der Waals surface area contributed by atoms with Crippen molar-refractivity contribution in [1.82, 2.24) is 19.3 Å². The van der Waals surface area contributed by atoms with Crippen LogP contribution in [0.4, 0.5) is 4.79 Å². The monoisotopic (exact) mass is 544 g/mol. The molecule has 0 spiro atoms. The summed E-state index contributed by atoms with van der Waals surface area (Å²) in [6, 6.07) is 11.5. The van der Waals surface area contributed by atoms with E-state index >= 15 is 0 Å². The van der Waals surface area contributed by atoms with Crippen LogP contribution in [0.1, 0.15) is 76.9 Å². The van der Waals surface area contributed by atoms with E-state index in [0.717, 1.165) is 5.69 Å². The van der Waals surface area contributed by atoms with Gasteiger partial charge in [-0.2, -0.15) is 10.4 Å². The molecule has 4 rings (SSSR count). The van der Waals surface area contributed by atoms with Crippen LogP contribution in [-0.4, -0.2) is 61.5 Å². The second kappa shape index (κ2) is 12.2. The molecule has 4 heterocycles. The molecule has 210 valence electrons. The van der Waals surface area contributed by atoms with Gasteiger partial charge in [-0.1, -0.05) is 13.0 Å². The molecule has 3 aromatic heterocycles. The number of hydrazone groups is 1. The van der Waals surface area contributed by atoms with E-state index in [1.165, 1.54) is 6.20 Å². The fourth-order valence-electron chi connectivity index (χ4n) is 4.66. The maximum atomic E-state index is 12.4. The molecule has 2 N–H and O–H groups in total. The van der Waals surface area contributed by atoms with Gasteiger partial charge in [0, 0.05) is 30.9 Å². The number of aromatic nitrogens is 3. The summed E-state index contributed by atoms with van der Waals surface area (Å²) >= 11 is 0. The number of piperidine rings is 1. The maximum absolute atomic E-state index is 12.4. The molecule has 0 saturated carbocycles. The molecule has 0 bridgehead atoms. The first-order valence-electron chi connectivity index (χ1n) is 13.4. The number of likely N-dealkylation sites (tertiary alicyclic amines) is 1. The number of fused-ring (bicyclic) bond motifs is 1. The largest absolute Gasteiger partial charge is 0.469 e. The lowest BCUT2D eigenvalue weighted by Gasteiger charge is -2.32. The molecular weight excluding hydrogens is 508 g/mol. The van der Waals surface area contributed by atoms with E-state index in [1.807, 2.05) is 58.9 Å². The Balaban J connectivity index is 1.59. The summed E-state index contributed by atoms with van der Waals surface area (Å²) in [5.41, 5.74) is 2.96. The normalized spacial score (nSPS) is 16.1. The summed E-state index contributed by atoms with van der Waals surface area (Å²) in [7, 11) is 0. The predicted molar refractivity (Wildman–Crippen MR) is 152 cm³/mol. The van der Waals surface area contributed by atoms with Crippen molar-refractivity contribution in [2.45, 2.75) is 71.6 Å². The van der Waals surface area contributed by atoms with Gasteiger partial charge in [0.15, 0.2) is 0 Å². The number of ether oxygens (including phenoxy) is 2. The van der Waals surface area contributed by atoms with E-state index in [-0.39, 0.29) is 18.2 Å². The summed E-state index contributed by atoms with van der Waals surface area (Å²) in [5.74, 6) is 6.31. The fourth-order valence-corrected chi connectivity index (χ4v) is 4.66. The standard InChI is InChI=1S/C29H36N8O3/c1-6-24(23-9-7-8-12-32-23)39-26-16-20(15-25-33-18-22(17-30)37(25)26)27(35-31)19(2)34-21-10-13-36(14-11-21)28(38)40-29(3,4)5/h7-9,12,15-16,18,21,24H,6,10-11,13-14,31H2,1-5H3/b34-19?,35-27+. The first-order chi connectivity index (χ1) is 19.1. The molecule has 1 unspecified atom stereocenters. The Morgan fingerprint density at radius 1 is 1.25 bits per heavy atom. The van der Waals surface area contributed by atoms with Gasteiger partial charge in [-0.05, 0) is 65.2 Å². The molecule has 0 aromatic carbocycles. The maximum Gasteiger partial charge on any atom is 0.410 e. The first-order valence-corrected chi connectivity index (χ1v) is 13.4. The number of nitriles is 1. The van der Waals surface area contributed by atoms with Crippen molar-refractivity contribution in [3.05, 3.63) is 59.7 Å². The Hall–Kier alpha value is -4.46. The van der Waals surface area contributed by atoms with Gasteiger partial charge in [0.05, 0.1) is 23.6 Å². The summed E-state index contributed by atoms with van der Waals surface area (Å²) in [6.07, 6.45) is 4.67. The third kappa shape index (κ3) is 6.57. The quantitative estimate of drug-likeness (QED) is 0.259. The lowest BCUT2D eigenvalue weighted by Crippen LogP contribution is -2.42. The number of pyridine rings is 2. The Labute approximate surface area is 234 Å². The highest BCUT2D eigenvalue weighted by atomic mass is 16.6. The van der Waals surface area contributed by atoms with Crippen molar-refractivity contribution >= 4 is 23.2 Å². The number of nitrogens with zero attached hydrogens (tertiary/aromatic N) is 7. The summed E-state index contributed by atoms with van der Waals surface area (Å²) in [4.78, 5) is 27.9. The van der Waals surface area contributed by atoms with Crippen molar-refractivity contribution in [3.63, 3.8) is 0 Å². The number of aliphatic imine (C=N–C) groups is 1. The number of carbonyl (C=O) groups excluding carboxylic acids is 1. The molecule has 11 heteroatoms. The van der Waals surface area contributed by atoms with Crippen LogP contribution in [-0.2, 0) is 4.74 Å². The Bertz CT molecular complexity index is 1440. The lowest BCUT2D eigenvalue weighted by atomic mass is 10.0. The highest BCUT2D eigenvalue weighted by molar-refractivity contribution is 6.47. The molecule has 11 nitrogen and oxygen atoms in total. The highest BCUT2D eigenvalue weighted by Gasteiger charge is 2.27. The van der Waals surface area contributed by atoms with Crippen LogP contribution in [0.2, 0.25) is 0 Å². The molecule has 0 aliphatic carbocycles. The van der Waals surface area contributed by atoms with Gasteiger partial charge in [-0.25, -0.2) is 9.78 Å². The second-order valence-corrected chi connectivity index (χ2v) is 10.7. The van der Waals surface area contributed by atoms with Crippen LogP contribution in [0.3, 0.4) is 0 Å². The van der Waals surface area contributed by atoms with E-state index in [2.05, 4.69) is 21.1 Å². The summed E-state index contributed by atoms with van der Waals surface area (Å²) in [5, 5.41) is 13.8. The minimum Gasteiger partial charge on any atom is -0.469 e. The molecule has 3 aromatic rings. The average Bonchev–Trinajstić information content (AvgIpc) is 3.35. The minimum absolute atomic E-state index is 0.0140. The van der Waals surface area contributed by atoms with Gasteiger partial charge in [0.25, 0.3) is 0 Å². The minimum atomic E-state index is -0.531. The zero-order valence-corrected chi connectivity index (χ0v) is 23.7. The smallest absolute Gasteiger partial charge is 0.410 e. The van der Waals surface area contributed by atoms with Crippen molar-refractivity contribution < 1.29 is 14.3 Å². The van der Waals surface area contributed by atoms with Gasteiger partial charge < -0.3 is 20.2 Å². The number of hydrogen-bond acceptors (Lipinski definition) is 9. The molecule has 1 fully saturated rings. The number of nitrogens with two attached hydrogens (primary N) is 1. The highest BCUT2D eigenvalue weighted by Crippen LogP contribution is 2.28. The molecule has 1 saturated heterocycles. The van der Waals surface area contributed by atoms with E-state index in [4.69, 9.17) is 20.3 Å². The van der Waals surface area contributed by atoms with Crippen molar-refractivity contribution in [2.75, 3.05) is 13.1 Å². The molecule has 1 aliphatic heterocycles. The van der Waals surface area contributed by atoms with E-state index in [0.29, 0.717) is 66.6 Å². The zero-order chi connectivity index (χ0) is 28.9. The molecule has 1 aliphatic rings. The molecule has 1 atom stereocenters. The van der Waals surface area contributed by atoms with Crippen LogP contribution < -0.4 is 10.6 Å². The van der Waals surface area contributed by atoms with Crippen LogP contribution >= 0.6 is 0 Å². The summed E-state index contributed by atoms with van der Waals surface area (Å²) in [6.45, 7) is 10.6. The average molecular weight is 545 g/mol. The van der Waals surface area contributed by atoms with Crippen LogP contribution in [0.15, 0.2) is 52.8 Å². The van der Waals surface area contributed by atoms with E-state index in [1.54, 1.807) is 21.6 Å². The third-order valence-corrected chi connectivity index (χ3v) is 6.58. The topological polar surface area (TPSA) is 143 Å². The number of carbonyl (C=O) groups is 1. The van der Waals surface area contributed by atoms with Gasteiger partial charge in [0.2, 0.25) is 5.88 Å². The lowest BCUT2D eigenvalue weighted by molar-refractivity contribution is 0.0207. The van der Waals surface area contributed by atoms with Crippen LogP contribution in [0.25, 0.3) is 5.65 Å². The van der Waals surface area contributed by atoms with Gasteiger partial charge in [-0.15, -0.1) is 0 Å². The van der Waals surface area contributed by atoms with Crippen LogP contribution in [0, 0.1) is 11.3 Å². The molecule has 1 amide bonds.